The van der Waals surface area contributed by atoms with E-state index in [0.29, 0.717) is 5.56 Å². The second-order valence-corrected chi connectivity index (χ2v) is 11.8. The number of carbonyl (C=O) groups excluding carboxylic acids is 3. The molecule has 1 aliphatic rings. The lowest BCUT2D eigenvalue weighted by Gasteiger charge is -2.22. The van der Waals surface area contributed by atoms with Gasteiger partial charge in [0.15, 0.2) is 46.0 Å². The lowest BCUT2D eigenvalue weighted by molar-refractivity contribution is -0.166. The van der Waals surface area contributed by atoms with Crippen LogP contribution in [0.3, 0.4) is 0 Å². The number of carboxylic acid groups (broad SMARTS) is 1. The molecule has 276 valence electrons. The molecule has 0 bridgehead atoms. The van der Waals surface area contributed by atoms with Crippen molar-refractivity contribution in [2.24, 2.45) is 0 Å². The number of benzene rings is 4. The minimum Gasteiger partial charge on any atom is -0.504 e. The Balaban J connectivity index is 1.48. The molecule has 1 aliphatic heterocycles. The predicted octanol–water partition coefficient (Wildman–Crippen LogP) is 3.42. The topological polar surface area (TPSA) is 267 Å². The third kappa shape index (κ3) is 8.28. The highest BCUT2D eigenvalue weighted by Crippen LogP contribution is 2.53. The van der Waals surface area contributed by atoms with Gasteiger partial charge in [-0.05, 0) is 70.8 Å². The van der Waals surface area contributed by atoms with E-state index in [9.17, 15) is 60.0 Å². The zero-order chi connectivity index (χ0) is 38.6. The number of fused-ring (bicyclic) bond motifs is 1. The zero-order valence-corrected chi connectivity index (χ0v) is 27.6. The van der Waals surface area contributed by atoms with Crippen molar-refractivity contribution in [1.82, 2.24) is 0 Å². The summed E-state index contributed by atoms with van der Waals surface area (Å²) in [6.45, 7) is 0. The van der Waals surface area contributed by atoms with E-state index in [-0.39, 0.29) is 34.4 Å². The Morgan fingerprint density at radius 3 is 1.79 bits per heavy atom. The Morgan fingerprint density at radius 1 is 0.698 bits per heavy atom. The van der Waals surface area contributed by atoms with Gasteiger partial charge in [0, 0.05) is 24.5 Å². The quantitative estimate of drug-likeness (QED) is 0.0449. The molecule has 5 rings (SSSR count). The smallest absolute Gasteiger partial charge is 0.347 e. The molecule has 0 saturated heterocycles. The van der Waals surface area contributed by atoms with Gasteiger partial charge in [-0.15, -0.1) is 0 Å². The number of esters is 3. The number of phenolic OH excluding ortho intramolecular Hbond substituents is 7. The number of ether oxygens (including phenoxy) is 4. The molecule has 8 N–H and O–H groups in total. The SMILES string of the molecule is COC(=O)[C@@H](Cc1ccc(O)c(O)c1)OC(=O)/C=C/c1ccc(O)c2c1[C@@H](C(=O)O[C@H](Cc1ccc(O)c(O)c1)C(=O)O)[C@H](c1ccc(O)c(O)c1)O2. The Labute approximate surface area is 299 Å². The first kappa shape index (κ1) is 37.2. The maximum absolute atomic E-state index is 14.0. The number of aliphatic carboxylic acids is 1. The number of hydrogen-bond donors (Lipinski definition) is 8. The molecule has 0 radical (unpaired) electrons. The summed E-state index contributed by atoms with van der Waals surface area (Å²) in [6.07, 6.45) is -3.31. The van der Waals surface area contributed by atoms with Crippen LogP contribution < -0.4 is 4.74 Å². The maximum Gasteiger partial charge on any atom is 0.347 e. The maximum atomic E-state index is 14.0. The second kappa shape index (κ2) is 15.4. The predicted molar refractivity (Wildman–Crippen MR) is 179 cm³/mol. The van der Waals surface area contributed by atoms with Crippen molar-refractivity contribution >= 4 is 30.0 Å². The summed E-state index contributed by atoms with van der Waals surface area (Å²) in [7, 11) is 1.07. The van der Waals surface area contributed by atoms with Crippen LogP contribution in [0.25, 0.3) is 6.08 Å². The minimum atomic E-state index is -1.83. The molecule has 4 aromatic rings. The summed E-state index contributed by atoms with van der Waals surface area (Å²) in [5.41, 5.74) is 0.623. The van der Waals surface area contributed by atoms with Gasteiger partial charge in [0.1, 0.15) is 12.0 Å². The zero-order valence-electron chi connectivity index (χ0n) is 27.6. The van der Waals surface area contributed by atoms with Gasteiger partial charge in [0.2, 0.25) is 12.2 Å². The van der Waals surface area contributed by atoms with E-state index in [1.807, 2.05) is 0 Å². The number of carboxylic acids is 1. The summed E-state index contributed by atoms with van der Waals surface area (Å²) in [5.74, 6) is -9.96. The van der Waals surface area contributed by atoms with Crippen LogP contribution in [0.4, 0.5) is 0 Å². The molecule has 4 atom stereocenters. The van der Waals surface area contributed by atoms with Gasteiger partial charge >= 0.3 is 23.9 Å². The van der Waals surface area contributed by atoms with Crippen LogP contribution in [0.5, 0.6) is 46.0 Å². The molecule has 53 heavy (non-hydrogen) atoms. The van der Waals surface area contributed by atoms with Crippen molar-refractivity contribution in [3.8, 4) is 46.0 Å². The van der Waals surface area contributed by atoms with Crippen molar-refractivity contribution in [3.05, 3.63) is 101 Å². The number of aromatic hydroxyl groups is 7. The van der Waals surface area contributed by atoms with Crippen LogP contribution >= 0.6 is 0 Å². The number of methoxy groups -OCH3 is 1. The van der Waals surface area contributed by atoms with E-state index in [2.05, 4.69) is 0 Å². The van der Waals surface area contributed by atoms with Gasteiger partial charge in [-0.25, -0.2) is 14.4 Å². The Morgan fingerprint density at radius 2 is 1.25 bits per heavy atom. The second-order valence-electron chi connectivity index (χ2n) is 11.8. The summed E-state index contributed by atoms with van der Waals surface area (Å²) < 4.78 is 21.5. The Kier molecular flexibility index (Phi) is 10.8. The molecular weight excluding hydrogens is 700 g/mol. The van der Waals surface area contributed by atoms with Crippen molar-refractivity contribution < 1.29 is 79.0 Å². The Hall–Kier alpha value is -7.10. The standard InChI is InChI=1S/C37H32O16/c1-50-36(48)29(15-18-3-8-22(39)26(43)13-18)51-30(45)11-6-19-4-10-24(41)34-31(19)32(33(53-34)20-5-9-23(40)27(44)16-20)37(49)52-28(35(46)47)14-17-2-7-21(38)25(42)12-17/h2-13,16,28-29,32-33,38-44H,14-15H2,1H3,(H,46,47)/b11-6+/t28-,29-,32-,33+/m1/s1. The van der Waals surface area contributed by atoms with Crippen LogP contribution in [-0.2, 0) is 46.2 Å². The van der Waals surface area contributed by atoms with Crippen LogP contribution in [-0.4, -0.2) is 84.0 Å². The third-order valence-electron chi connectivity index (χ3n) is 8.23. The number of phenols is 7. The molecule has 0 amide bonds. The van der Waals surface area contributed by atoms with Gasteiger partial charge in [-0.2, -0.15) is 0 Å². The van der Waals surface area contributed by atoms with E-state index >= 15 is 0 Å². The number of rotatable bonds is 12. The van der Waals surface area contributed by atoms with E-state index in [4.69, 9.17) is 18.9 Å². The molecule has 0 aromatic heterocycles. The van der Waals surface area contributed by atoms with Crippen molar-refractivity contribution in [2.45, 2.75) is 37.1 Å². The first-order valence-corrected chi connectivity index (χ1v) is 15.6. The molecule has 0 spiro atoms. The van der Waals surface area contributed by atoms with Crippen LogP contribution in [0.2, 0.25) is 0 Å². The summed E-state index contributed by atoms with van der Waals surface area (Å²) >= 11 is 0. The number of carbonyl (C=O) groups is 4. The highest BCUT2D eigenvalue weighted by atomic mass is 16.6. The van der Waals surface area contributed by atoms with E-state index in [1.54, 1.807) is 0 Å². The first-order valence-electron chi connectivity index (χ1n) is 15.6. The van der Waals surface area contributed by atoms with E-state index < -0.39 is 94.8 Å². The van der Waals surface area contributed by atoms with E-state index in [0.717, 1.165) is 37.5 Å². The monoisotopic (exact) mass is 732 g/mol. The highest BCUT2D eigenvalue weighted by molar-refractivity contribution is 5.92. The number of hydrogen-bond acceptors (Lipinski definition) is 15. The van der Waals surface area contributed by atoms with Gasteiger partial charge in [-0.3, -0.25) is 4.79 Å². The molecule has 16 heteroatoms. The molecule has 0 aliphatic carbocycles. The van der Waals surface area contributed by atoms with Gasteiger partial charge in [-0.1, -0.05) is 24.3 Å². The average Bonchev–Trinajstić information content (AvgIpc) is 3.53. The van der Waals surface area contributed by atoms with Crippen molar-refractivity contribution in [2.75, 3.05) is 7.11 Å². The fraction of sp³-hybridized carbons (Fsp3) is 0.189. The molecular formula is C37H32O16. The molecule has 4 aromatic carbocycles. The summed E-state index contributed by atoms with van der Waals surface area (Å²) in [5, 5.41) is 79.8. The van der Waals surface area contributed by atoms with Crippen LogP contribution in [0.15, 0.2) is 72.8 Å². The fourth-order valence-corrected chi connectivity index (χ4v) is 5.61. The van der Waals surface area contributed by atoms with Crippen molar-refractivity contribution in [1.29, 1.82) is 0 Å². The molecule has 0 saturated carbocycles. The average molecular weight is 733 g/mol. The lowest BCUT2D eigenvalue weighted by Crippen LogP contribution is -2.33. The fourth-order valence-electron chi connectivity index (χ4n) is 5.61. The molecule has 0 fully saturated rings. The first-order chi connectivity index (χ1) is 25.2. The van der Waals surface area contributed by atoms with Gasteiger partial charge in [0.25, 0.3) is 0 Å². The van der Waals surface area contributed by atoms with E-state index in [1.165, 1.54) is 48.5 Å². The van der Waals surface area contributed by atoms with Gasteiger partial charge < -0.3 is 59.8 Å². The Bertz CT molecular complexity index is 2100. The summed E-state index contributed by atoms with van der Waals surface area (Å²) in [4.78, 5) is 51.7. The molecule has 1 heterocycles. The van der Waals surface area contributed by atoms with Crippen LogP contribution in [0, 0.1) is 0 Å². The molecule has 16 nitrogen and oxygen atoms in total. The summed E-state index contributed by atoms with van der Waals surface area (Å²) in [6, 6.07) is 13.3. The van der Waals surface area contributed by atoms with Crippen molar-refractivity contribution in [3.63, 3.8) is 0 Å². The largest absolute Gasteiger partial charge is 0.504 e. The molecule has 0 unspecified atom stereocenters. The third-order valence-corrected chi connectivity index (χ3v) is 8.23. The van der Waals surface area contributed by atoms with Gasteiger partial charge in [0.05, 0.1) is 7.11 Å². The normalized spacial score (nSPS) is 15.9. The lowest BCUT2D eigenvalue weighted by atomic mass is 9.87. The highest BCUT2D eigenvalue weighted by Gasteiger charge is 2.46. The minimum absolute atomic E-state index is 0.0629. The van der Waals surface area contributed by atoms with Crippen LogP contribution in [0.1, 0.15) is 39.8 Å².